The Labute approximate surface area is 113 Å². The van der Waals surface area contributed by atoms with Gasteiger partial charge in [-0.05, 0) is 26.0 Å². The summed E-state index contributed by atoms with van der Waals surface area (Å²) in [6.45, 7) is 3.98. The first-order chi connectivity index (χ1) is 9.08. The summed E-state index contributed by atoms with van der Waals surface area (Å²) in [5.41, 5.74) is 2.31. The molecule has 3 aromatic heterocycles. The molecular formula is C13H12N2O3S. The van der Waals surface area contributed by atoms with Gasteiger partial charge < -0.3 is 9.52 Å². The van der Waals surface area contributed by atoms with Gasteiger partial charge in [0.25, 0.3) is 0 Å². The predicted octanol–water partition coefficient (Wildman–Crippen LogP) is 2.90. The Kier molecular flexibility index (Phi) is 2.67. The van der Waals surface area contributed by atoms with Gasteiger partial charge in [0.15, 0.2) is 10.7 Å². The van der Waals surface area contributed by atoms with Crippen LogP contribution in [0.25, 0.3) is 16.4 Å². The number of thiazole rings is 1. The van der Waals surface area contributed by atoms with Crippen molar-refractivity contribution < 1.29 is 14.3 Å². The molecule has 19 heavy (non-hydrogen) atoms. The molecule has 3 rings (SSSR count). The zero-order valence-electron chi connectivity index (χ0n) is 10.5. The molecule has 1 N–H and O–H groups in total. The molecule has 0 aromatic carbocycles. The largest absolute Gasteiger partial charge is 0.481 e. The van der Waals surface area contributed by atoms with E-state index in [-0.39, 0.29) is 6.42 Å². The van der Waals surface area contributed by atoms with Crippen molar-refractivity contribution >= 4 is 22.3 Å². The highest BCUT2D eigenvalue weighted by molar-refractivity contribution is 7.17. The van der Waals surface area contributed by atoms with E-state index in [1.54, 1.807) is 29.7 Å². The predicted molar refractivity (Wildman–Crippen MR) is 71.6 cm³/mol. The topological polar surface area (TPSA) is 67.7 Å². The van der Waals surface area contributed by atoms with Gasteiger partial charge in [0, 0.05) is 10.6 Å². The van der Waals surface area contributed by atoms with Gasteiger partial charge in [-0.2, -0.15) is 0 Å². The molecule has 0 fully saturated rings. The Bertz CT molecular complexity index is 753. The molecule has 0 saturated heterocycles. The molecule has 0 amide bonds. The van der Waals surface area contributed by atoms with Crippen LogP contribution in [-0.2, 0) is 11.2 Å². The van der Waals surface area contributed by atoms with E-state index in [1.165, 1.54) is 0 Å². The Morgan fingerprint density at radius 3 is 2.95 bits per heavy atom. The Morgan fingerprint density at radius 2 is 2.32 bits per heavy atom. The second-order valence-electron chi connectivity index (χ2n) is 4.32. The highest BCUT2D eigenvalue weighted by Gasteiger charge is 2.21. The number of furan rings is 1. The normalized spacial score (nSPS) is 11.3. The third-order valence-corrected chi connectivity index (χ3v) is 4.16. The number of imidazole rings is 1. The van der Waals surface area contributed by atoms with E-state index < -0.39 is 5.97 Å². The van der Waals surface area contributed by atoms with Gasteiger partial charge in [-0.25, -0.2) is 4.98 Å². The average molecular weight is 276 g/mol. The molecule has 98 valence electrons. The van der Waals surface area contributed by atoms with E-state index in [9.17, 15) is 4.79 Å². The van der Waals surface area contributed by atoms with Crippen LogP contribution in [0.15, 0.2) is 22.8 Å². The summed E-state index contributed by atoms with van der Waals surface area (Å²) < 4.78 is 7.26. The van der Waals surface area contributed by atoms with Crippen molar-refractivity contribution in [3.05, 3.63) is 34.7 Å². The van der Waals surface area contributed by atoms with Gasteiger partial charge in [-0.1, -0.05) is 0 Å². The van der Waals surface area contributed by atoms with Crippen LogP contribution in [0.3, 0.4) is 0 Å². The third kappa shape index (κ3) is 1.84. The second-order valence-corrected chi connectivity index (χ2v) is 5.50. The van der Waals surface area contributed by atoms with E-state index in [1.807, 2.05) is 18.2 Å². The van der Waals surface area contributed by atoms with Crippen LogP contribution in [0.4, 0.5) is 0 Å². The Balaban J connectivity index is 2.30. The summed E-state index contributed by atoms with van der Waals surface area (Å²) in [4.78, 5) is 17.5. The fourth-order valence-corrected chi connectivity index (χ4v) is 3.12. The van der Waals surface area contributed by atoms with Gasteiger partial charge in [-0.15, -0.1) is 11.3 Å². The zero-order chi connectivity index (χ0) is 13.6. The van der Waals surface area contributed by atoms with Crippen LogP contribution < -0.4 is 0 Å². The number of fused-ring (bicyclic) bond motifs is 1. The molecule has 0 bridgehead atoms. The van der Waals surface area contributed by atoms with Crippen molar-refractivity contribution in [1.29, 1.82) is 0 Å². The highest BCUT2D eigenvalue weighted by atomic mass is 32.1. The molecule has 0 radical (unpaired) electrons. The number of aromatic nitrogens is 2. The molecule has 0 aliphatic carbocycles. The van der Waals surface area contributed by atoms with Crippen LogP contribution in [0, 0.1) is 13.8 Å². The van der Waals surface area contributed by atoms with E-state index >= 15 is 0 Å². The molecule has 0 aliphatic rings. The van der Waals surface area contributed by atoms with E-state index in [0.717, 1.165) is 15.5 Å². The molecule has 0 saturated carbocycles. The van der Waals surface area contributed by atoms with E-state index in [4.69, 9.17) is 9.52 Å². The number of carboxylic acid groups (broad SMARTS) is 1. The van der Waals surface area contributed by atoms with E-state index in [0.29, 0.717) is 17.1 Å². The average Bonchev–Trinajstić information content (AvgIpc) is 3.00. The first-order valence-corrected chi connectivity index (χ1v) is 6.62. The quantitative estimate of drug-likeness (QED) is 0.798. The summed E-state index contributed by atoms with van der Waals surface area (Å²) in [7, 11) is 0. The Morgan fingerprint density at radius 1 is 1.53 bits per heavy atom. The van der Waals surface area contributed by atoms with Crippen molar-refractivity contribution in [2.75, 3.05) is 0 Å². The third-order valence-electron chi connectivity index (χ3n) is 3.10. The van der Waals surface area contributed by atoms with Crippen LogP contribution in [0.2, 0.25) is 0 Å². The van der Waals surface area contributed by atoms with Gasteiger partial charge >= 0.3 is 5.97 Å². The zero-order valence-corrected chi connectivity index (χ0v) is 11.3. The second kappa shape index (κ2) is 4.24. The molecular weight excluding hydrogens is 264 g/mol. The maximum Gasteiger partial charge on any atom is 0.309 e. The summed E-state index contributed by atoms with van der Waals surface area (Å²) in [5.74, 6) is -0.276. The summed E-state index contributed by atoms with van der Waals surface area (Å²) in [5, 5.41) is 9.10. The standard InChI is InChI=1S/C13H12N2O3S/c1-7-8(2)19-13-14-12(10-4-3-5-18-10)9(15(7)13)6-11(16)17/h3-5H,6H2,1-2H3,(H,16,17). The lowest BCUT2D eigenvalue weighted by molar-refractivity contribution is -0.136. The van der Waals surface area contributed by atoms with Crippen LogP contribution in [-0.4, -0.2) is 20.5 Å². The molecule has 3 heterocycles. The van der Waals surface area contributed by atoms with Crippen molar-refractivity contribution in [2.24, 2.45) is 0 Å². The molecule has 0 spiro atoms. The number of nitrogens with zero attached hydrogens (tertiary/aromatic N) is 2. The lowest BCUT2D eigenvalue weighted by atomic mass is 10.2. The molecule has 0 unspecified atom stereocenters. The van der Waals surface area contributed by atoms with Gasteiger partial charge in [0.2, 0.25) is 0 Å². The number of carbonyl (C=O) groups is 1. The van der Waals surface area contributed by atoms with Gasteiger partial charge in [-0.3, -0.25) is 9.20 Å². The number of aliphatic carboxylic acids is 1. The summed E-state index contributed by atoms with van der Waals surface area (Å²) in [6.07, 6.45) is 1.49. The minimum Gasteiger partial charge on any atom is -0.481 e. The lowest BCUT2D eigenvalue weighted by Crippen LogP contribution is -2.05. The van der Waals surface area contributed by atoms with Crippen LogP contribution in [0.5, 0.6) is 0 Å². The van der Waals surface area contributed by atoms with Crippen LogP contribution >= 0.6 is 11.3 Å². The van der Waals surface area contributed by atoms with Crippen LogP contribution in [0.1, 0.15) is 16.3 Å². The molecule has 0 atom stereocenters. The van der Waals surface area contributed by atoms with Crippen molar-refractivity contribution in [1.82, 2.24) is 9.38 Å². The molecule has 5 nitrogen and oxygen atoms in total. The number of carboxylic acids is 1. The maximum atomic E-state index is 11.1. The SMILES string of the molecule is Cc1sc2nc(-c3ccco3)c(CC(=O)O)n2c1C. The monoisotopic (exact) mass is 276 g/mol. The minimum absolute atomic E-state index is 0.0752. The lowest BCUT2D eigenvalue weighted by Gasteiger charge is -2.01. The van der Waals surface area contributed by atoms with Crippen molar-refractivity contribution in [3.8, 4) is 11.5 Å². The number of rotatable bonds is 3. The number of hydrogen-bond acceptors (Lipinski definition) is 4. The molecule has 3 aromatic rings. The number of aryl methyl sites for hydroxylation is 2. The summed E-state index contributed by atoms with van der Waals surface area (Å²) in [6, 6.07) is 3.56. The minimum atomic E-state index is -0.877. The molecule has 0 aliphatic heterocycles. The van der Waals surface area contributed by atoms with E-state index in [2.05, 4.69) is 4.98 Å². The first kappa shape index (κ1) is 12.0. The fourth-order valence-electron chi connectivity index (χ4n) is 2.13. The van der Waals surface area contributed by atoms with Gasteiger partial charge in [0.1, 0.15) is 5.69 Å². The van der Waals surface area contributed by atoms with Crippen molar-refractivity contribution in [3.63, 3.8) is 0 Å². The Hall–Kier alpha value is -2.08. The summed E-state index contributed by atoms with van der Waals surface area (Å²) >= 11 is 1.56. The first-order valence-electron chi connectivity index (χ1n) is 5.81. The van der Waals surface area contributed by atoms with Crippen molar-refractivity contribution in [2.45, 2.75) is 20.3 Å². The smallest absolute Gasteiger partial charge is 0.309 e. The molecule has 6 heteroatoms. The fraction of sp³-hybridized carbons (Fsp3) is 0.231. The number of hydrogen-bond donors (Lipinski definition) is 1. The maximum absolute atomic E-state index is 11.1. The van der Waals surface area contributed by atoms with Gasteiger partial charge in [0.05, 0.1) is 18.4 Å². The highest BCUT2D eigenvalue weighted by Crippen LogP contribution is 2.31.